The summed E-state index contributed by atoms with van der Waals surface area (Å²) < 4.78 is 26.8. The van der Waals surface area contributed by atoms with Crippen LogP contribution in [0.25, 0.3) is 0 Å². The first-order chi connectivity index (χ1) is 9.08. The van der Waals surface area contributed by atoms with Crippen molar-refractivity contribution in [2.75, 3.05) is 0 Å². The molecule has 0 saturated carbocycles. The lowest BCUT2D eigenvalue weighted by atomic mass is 10.1. The number of pyridine rings is 1. The summed E-state index contributed by atoms with van der Waals surface area (Å²) in [7, 11) is 0. The molecule has 19 heavy (non-hydrogen) atoms. The lowest BCUT2D eigenvalue weighted by Crippen LogP contribution is -2.22. The third-order valence-electron chi connectivity index (χ3n) is 2.64. The number of thioether (sulfide) groups is 1. The Morgan fingerprint density at radius 3 is 2.68 bits per heavy atom. The molecule has 1 aromatic carbocycles. The Kier molecular flexibility index (Phi) is 4.50. The Morgan fingerprint density at radius 1 is 1.26 bits per heavy atom. The maximum Gasteiger partial charge on any atom is 0.136 e. The van der Waals surface area contributed by atoms with E-state index in [0.717, 1.165) is 17.7 Å². The van der Waals surface area contributed by atoms with Crippen molar-refractivity contribution >= 4 is 11.8 Å². The number of hydrogen-bond acceptors (Lipinski definition) is 3. The number of halogens is 2. The SMILES string of the molecule is CC(N)C(Sc1cc(F)ccc1F)c1cccnc1. The van der Waals surface area contributed by atoms with Crippen molar-refractivity contribution in [3.8, 4) is 0 Å². The second kappa shape index (κ2) is 6.12. The van der Waals surface area contributed by atoms with Crippen LogP contribution in [0.15, 0.2) is 47.6 Å². The second-order valence-electron chi connectivity index (χ2n) is 4.26. The van der Waals surface area contributed by atoms with Crippen molar-refractivity contribution in [2.45, 2.75) is 23.1 Å². The van der Waals surface area contributed by atoms with Crippen LogP contribution in [0.4, 0.5) is 8.78 Å². The molecule has 1 heterocycles. The first-order valence-electron chi connectivity index (χ1n) is 5.85. The molecule has 0 fully saturated rings. The normalized spacial score (nSPS) is 14.1. The van der Waals surface area contributed by atoms with E-state index in [9.17, 15) is 8.78 Å². The second-order valence-corrected chi connectivity index (χ2v) is 5.44. The molecule has 2 unspecified atom stereocenters. The van der Waals surface area contributed by atoms with Gasteiger partial charge in [0.2, 0.25) is 0 Å². The van der Waals surface area contributed by atoms with Gasteiger partial charge in [-0.25, -0.2) is 8.78 Å². The maximum absolute atomic E-state index is 13.7. The molecule has 2 aromatic rings. The van der Waals surface area contributed by atoms with E-state index in [1.807, 2.05) is 13.0 Å². The largest absolute Gasteiger partial charge is 0.327 e. The first kappa shape index (κ1) is 14.0. The van der Waals surface area contributed by atoms with Crippen molar-refractivity contribution in [3.05, 3.63) is 59.9 Å². The number of rotatable bonds is 4. The van der Waals surface area contributed by atoms with Gasteiger partial charge in [0.1, 0.15) is 11.6 Å². The molecule has 0 saturated heterocycles. The summed E-state index contributed by atoms with van der Waals surface area (Å²) in [5.41, 5.74) is 6.83. The molecule has 0 bridgehead atoms. The van der Waals surface area contributed by atoms with E-state index in [1.165, 1.54) is 17.8 Å². The lowest BCUT2D eigenvalue weighted by Gasteiger charge is -2.20. The Balaban J connectivity index is 2.29. The minimum Gasteiger partial charge on any atom is -0.327 e. The van der Waals surface area contributed by atoms with Gasteiger partial charge in [-0.05, 0) is 36.8 Å². The van der Waals surface area contributed by atoms with Gasteiger partial charge >= 0.3 is 0 Å². The highest BCUT2D eigenvalue weighted by atomic mass is 32.2. The van der Waals surface area contributed by atoms with Crippen molar-refractivity contribution < 1.29 is 8.78 Å². The Bertz CT molecular complexity index is 546. The molecule has 0 aliphatic carbocycles. The molecule has 1 aromatic heterocycles. The molecule has 2 atom stereocenters. The minimum absolute atomic E-state index is 0.176. The smallest absolute Gasteiger partial charge is 0.136 e. The zero-order chi connectivity index (χ0) is 13.8. The van der Waals surface area contributed by atoms with Crippen molar-refractivity contribution in [2.24, 2.45) is 5.73 Å². The van der Waals surface area contributed by atoms with Crippen molar-refractivity contribution in [3.63, 3.8) is 0 Å². The number of aromatic nitrogens is 1. The summed E-state index contributed by atoms with van der Waals surface area (Å²) >= 11 is 1.21. The zero-order valence-corrected chi connectivity index (χ0v) is 11.2. The summed E-state index contributed by atoms with van der Waals surface area (Å²) in [6.45, 7) is 1.84. The Labute approximate surface area is 115 Å². The number of benzene rings is 1. The van der Waals surface area contributed by atoms with E-state index in [2.05, 4.69) is 4.98 Å². The van der Waals surface area contributed by atoms with Crippen LogP contribution >= 0.6 is 11.8 Å². The van der Waals surface area contributed by atoms with Crippen molar-refractivity contribution in [1.29, 1.82) is 0 Å². The van der Waals surface area contributed by atoms with Gasteiger partial charge in [0, 0.05) is 23.3 Å². The predicted octanol–water partition coefficient (Wildman–Crippen LogP) is 3.54. The van der Waals surface area contributed by atoms with Crippen molar-refractivity contribution in [1.82, 2.24) is 4.98 Å². The molecule has 2 rings (SSSR count). The summed E-state index contributed by atoms with van der Waals surface area (Å²) in [4.78, 5) is 4.29. The fourth-order valence-electron chi connectivity index (χ4n) is 1.73. The molecule has 0 spiro atoms. The van der Waals surface area contributed by atoms with E-state index in [1.54, 1.807) is 18.5 Å². The van der Waals surface area contributed by atoms with Gasteiger partial charge < -0.3 is 5.73 Å². The zero-order valence-electron chi connectivity index (χ0n) is 10.4. The average molecular weight is 280 g/mol. The third-order valence-corrected chi connectivity index (χ3v) is 4.16. The maximum atomic E-state index is 13.7. The summed E-state index contributed by atoms with van der Waals surface area (Å²) in [6, 6.07) is 6.88. The fraction of sp³-hybridized carbons (Fsp3) is 0.214. The topological polar surface area (TPSA) is 38.9 Å². The molecular weight excluding hydrogens is 266 g/mol. The van der Waals surface area contributed by atoms with Gasteiger partial charge in [-0.15, -0.1) is 11.8 Å². The van der Waals surface area contributed by atoms with E-state index in [4.69, 9.17) is 5.73 Å². The van der Waals surface area contributed by atoms with Crippen LogP contribution in [0.1, 0.15) is 17.7 Å². The molecule has 0 aliphatic rings. The molecule has 100 valence electrons. The van der Waals surface area contributed by atoms with Crippen LogP contribution in [0.2, 0.25) is 0 Å². The van der Waals surface area contributed by atoms with Gasteiger partial charge in [0.05, 0.1) is 5.25 Å². The molecule has 2 N–H and O–H groups in total. The molecular formula is C14H14F2N2S. The van der Waals surface area contributed by atoms with Crippen LogP contribution in [-0.4, -0.2) is 11.0 Å². The molecule has 0 aliphatic heterocycles. The van der Waals surface area contributed by atoms with E-state index in [0.29, 0.717) is 0 Å². The van der Waals surface area contributed by atoms with Gasteiger partial charge in [-0.2, -0.15) is 0 Å². The summed E-state index contributed by atoms with van der Waals surface area (Å²) in [5, 5.41) is -0.176. The summed E-state index contributed by atoms with van der Waals surface area (Å²) in [5.74, 6) is -0.903. The highest BCUT2D eigenvalue weighted by Crippen LogP contribution is 2.38. The van der Waals surface area contributed by atoms with Crippen LogP contribution in [-0.2, 0) is 0 Å². The van der Waals surface area contributed by atoms with Gasteiger partial charge in [0.25, 0.3) is 0 Å². The Morgan fingerprint density at radius 2 is 2.05 bits per heavy atom. The van der Waals surface area contributed by atoms with E-state index < -0.39 is 11.6 Å². The fourth-order valence-corrected chi connectivity index (χ4v) is 2.85. The first-order valence-corrected chi connectivity index (χ1v) is 6.73. The highest BCUT2D eigenvalue weighted by Gasteiger charge is 2.20. The van der Waals surface area contributed by atoms with Crippen LogP contribution < -0.4 is 5.73 Å². The monoisotopic (exact) mass is 280 g/mol. The van der Waals surface area contributed by atoms with Crippen LogP contribution in [0, 0.1) is 11.6 Å². The number of hydrogen-bond donors (Lipinski definition) is 1. The highest BCUT2D eigenvalue weighted by molar-refractivity contribution is 7.99. The van der Waals surface area contributed by atoms with Gasteiger partial charge in [-0.3, -0.25) is 4.98 Å². The number of nitrogens with zero attached hydrogens (tertiary/aromatic N) is 1. The molecule has 0 amide bonds. The van der Waals surface area contributed by atoms with Gasteiger partial charge in [0.15, 0.2) is 0 Å². The van der Waals surface area contributed by atoms with Crippen LogP contribution in [0.3, 0.4) is 0 Å². The Hall–Kier alpha value is -1.46. The molecule has 2 nitrogen and oxygen atoms in total. The third kappa shape index (κ3) is 3.52. The van der Waals surface area contributed by atoms with E-state index >= 15 is 0 Å². The lowest BCUT2D eigenvalue weighted by molar-refractivity contribution is 0.576. The number of nitrogens with two attached hydrogens (primary N) is 1. The van der Waals surface area contributed by atoms with Crippen LogP contribution in [0.5, 0.6) is 0 Å². The van der Waals surface area contributed by atoms with Gasteiger partial charge in [-0.1, -0.05) is 6.07 Å². The predicted molar refractivity (Wildman–Crippen MR) is 72.8 cm³/mol. The summed E-state index contributed by atoms with van der Waals surface area (Å²) in [6.07, 6.45) is 3.35. The standard InChI is InChI=1S/C14H14F2N2S/c1-9(17)14(10-3-2-6-18-8-10)19-13-7-11(15)4-5-12(13)16/h2-9,14H,17H2,1H3. The molecule has 0 radical (unpaired) electrons. The molecule has 5 heteroatoms. The van der Waals surface area contributed by atoms with E-state index in [-0.39, 0.29) is 16.2 Å². The average Bonchev–Trinajstić information content (AvgIpc) is 2.40. The minimum atomic E-state index is -0.460. The quantitative estimate of drug-likeness (QED) is 0.871.